The average molecular weight is 491 g/mol. The first-order chi connectivity index (χ1) is 14.2. The molecule has 5 nitrogen and oxygen atoms in total. The Morgan fingerprint density at radius 1 is 0.900 bits per heavy atom. The zero-order chi connectivity index (χ0) is 20.1. The van der Waals surface area contributed by atoms with Crippen molar-refractivity contribution in [2.24, 2.45) is 0 Å². The molecule has 0 aliphatic carbocycles. The molecule has 2 amide bonds. The summed E-state index contributed by atoms with van der Waals surface area (Å²) in [5, 5.41) is 0. The van der Waals surface area contributed by atoms with Crippen LogP contribution in [0.25, 0.3) is 0 Å². The Bertz CT molecular complexity index is 851. The summed E-state index contributed by atoms with van der Waals surface area (Å²) in [6.07, 6.45) is 4.56. The fourth-order valence-corrected chi connectivity index (χ4v) is 4.73. The topological polar surface area (TPSA) is 49.9 Å². The summed E-state index contributed by atoms with van der Waals surface area (Å²) in [4.78, 5) is 29.8. The van der Waals surface area contributed by atoms with E-state index in [9.17, 15) is 9.59 Å². The Labute approximate surface area is 192 Å². The van der Waals surface area contributed by atoms with Gasteiger partial charge in [0, 0.05) is 17.3 Å². The number of thioether (sulfide) groups is 1. The maximum Gasteiger partial charge on any atom is 0.261 e. The number of hydrogen-bond donors (Lipinski definition) is 0. The van der Waals surface area contributed by atoms with Crippen molar-refractivity contribution in [1.82, 2.24) is 9.80 Å². The molecule has 7 heteroatoms. The van der Waals surface area contributed by atoms with Crippen molar-refractivity contribution < 1.29 is 14.3 Å². The zero-order valence-electron chi connectivity index (χ0n) is 16.9. The van der Waals surface area contributed by atoms with E-state index in [2.05, 4.69) is 17.0 Å². The number of likely N-dealkylation sites (tertiary alicyclic amines) is 1. The number of carbonyl (C=O) groups excluding carboxylic acids is 2. The minimum Gasteiger partial charge on any atom is -0.493 e. The molecule has 0 N–H and O–H groups in total. The number of piperidine rings is 1. The van der Waals surface area contributed by atoms with Gasteiger partial charge in [-0.1, -0.05) is 24.6 Å². The SMILES string of the molecule is Br.O=C1c2ccccc2C(=O)N1CCCOc1cccc(SCN2CCCCC2)c1. The van der Waals surface area contributed by atoms with Crippen LogP contribution in [0, 0.1) is 0 Å². The van der Waals surface area contributed by atoms with Crippen LogP contribution in [0.4, 0.5) is 0 Å². The van der Waals surface area contributed by atoms with Gasteiger partial charge in [-0.05, 0) is 62.7 Å². The Hall–Kier alpha value is -1.83. The molecule has 160 valence electrons. The highest BCUT2D eigenvalue weighted by Crippen LogP contribution is 2.25. The van der Waals surface area contributed by atoms with Crippen LogP contribution in [0.5, 0.6) is 5.75 Å². The first-order valence-corrected chi connectivity index (χ1v) is 11.2. The number of imide groups is 1. The Kier molecular flexibility index (Phi) is 8.36. The van der Waals surface area contributed by atoms with Crippen molar-refractivity contribution in [3.63, 3.8) is 0 Å². The Morgan fingerprint density at radius 2 is 1.60 bits per heavy atom. The van der Waals surface area contributed by atoms with E-state index < -0.39 is 0 Å². The van der Waals surface area contributed by atoms with E-state index in [0.717, 1.165) is 11.6 Å². The Morgan fingerprint density at radius 3 is 2.30 bits per heavy atom. The molecule has 0 aromatic heterocycles. The van der Waals surface area contributed by atoms with Gasteiger partial charge in [0.2, 0.25) is 0 Å². The van der Waals surface area contributed by atoms with Crippen LogP contribution in [0.3, 0.4) is 0 Å². The monoisotopic (exact) mass is 490 g/mol. The van der Waals surface area contributed by atoms with Crippen molar-refractivity contribution in [2.75, 3.05) is 32.1 Å². The standard InChI is InChI=1S/C23H26N2O3S.BrH/c26-22-20-10-2-3-11-21(20)23(27)25(22)14-7-15-28-18-8-6-9-19(16-18)29-17-24-12-4-1-5-13-24;/h2-3,6,8-11,16H,1,4-5,7,12-15,17H2;1H. The van der Waals surface area contributed by atoms with Gasteiger partial charge in [-0.3, -0.25) is 19.4 Å². The number of fused-ring (bicyclic) bond motifs is 1. The number of amides is 2. The normalized spacial score (nSPS) is 16.3. The van der Waals surface area contributed by atoms with E-state index in [0.29, 0.717) is 30.7 Å². The second-order valence-electron chi connectivity index (χ2n) is 7.44. The molecule has 4 rings (SSSR count). The average Bonchev–Trinajstić information content (AvgIpc) is 3.01. The molecule has 1 fully saturated rings. The van der Waals surface area contributed by atoms with Gasteiger partial charge < -0.3 is 4.74 Å². The highest BCUT2D eigenvalue weighted by Gasteiger charge is 2.34. The number of halogens is 1. The fraction of sp³-hybridized carbons (Fsp3) is 0.391. The molecular weight excluding hydrogens is 464 g/mol. The van der Waals surface area contributed by atoms with E-state index in [1.54, 1.807) is 24.3 Å². The number of rotatable bonds is 8. The van der Waals surface area contributed by atoms with Crippen LogP contribution in [-0.4, -0.2) is 53.7 Å². The van der Waals surface area contributed by atoms with Crippen LogP contribution < -0.4 is 4.74 Å². The molecule has 0 atom stereocenters. The lowest BCUT2D eigenvalue weighted by Crippen LogP contribution is -2.31. The van der Waals surface area contributed by atoms with Crippen LogP contribution in [0.15, 0.2) is 53.4 Å². The molecular formula is C23H27BrN2O3S. The molecule has 2 aliphatic heterocycles. The summed E-state index contributed by atoms with van der Waals surface area (Å²) < 4.78 is 5.87. The lowest BCUT2D eigenvalue weighted by Gasteiger charge is -2.25. The highest BCUT2D eigenvalue weighted by molar-refractivity contribution is 8.93. The van der Waals surface area contributed by atoms with E-state index in [4.69, 9.17) is 4.74 Å². The van der Waals surface area contributed by atoms with Gasteiger partial charge in [0.1, 0.15) is 5.75 Å². The number of carbonyl (C=O) groups is 2. The second-order valence-corrected chi connectivity index (χ2v) is 8.45. The van der Waals surface area contributed by atoms with Gasteiger partial charge in [0.25, 0.3) is 11.8 Å². The number of ether oxygens (including phenoxy) is 1. The molecule has 30 heavy (non-hydrogen) atoms. The maximum atomic E-state index is 12.4. The smallest absolute Gasteiger partial charge is 0.261 e. The van der Waals surface area contributed by atoms with Crippen LogP contribution in [-0.2, 0) is 0 Å². The van der Waals surface area contributed by atoms with E-state index in [1.807, 2.05) is 23.9 Å². The van der Waals surface area contributed by atoms with Crippen molar-refractivity contribution in [2.45, 2.75) is 30.6 Å². The summed E-state index contributed by atoms with van der Waals surface area (Å²) in [5.74, 6) is 1.43. The molecule has 0 radical (unpaired) electrons. The fourth-order valence-electron chi connectivity index (χ4n) is 3.76. The van der Waals surface area contributed by atoms with Gasteiger partial charge in [0.05, 0.1) is 17.7 Å². The molecule has 0 saturated carbocycles. The third-order valence-corrected chi connectivity index (χ3v) is 6.42. The van der Waals surface area contributed by atoms with Gasteiger partial charge in [-0.2, -0.15) is 0 Å². The van der Waals surface area contributed by atoms with Gasteiger partial charge >= 0.3 is 0 Å². The summed E-state index contributed by atoms with van der Waals surface area (Å²) in [5.41, 5.74) is 0.994. The van der Waals surface area contributed by atoms with Crippen molar-refractivity contribution in [3.8, 4) is 5.75 Å². The zero-order valence-corrected chi connectivity index (χ0v) is 19.4. The first-order valence-electron chi connectivity index (χ1n) is 10.3. The van der Waals surface area contributed by atoms with Gasteiger partial charge in [-0.25, -0.2) is 0 Å². The molecule has 0 unspecified atom stereocenters. The lowest BCUT2D eigenvalue weighted by atomic mass is 10.1. The summed E-state index contributed by atoms with van der Waals surface area (Å²) in [6.45, 7) is 3.23. The van der Waals surface area contributed by atoms with Gasteiger partial charge in [-0.15, -0.1) is 28.7 Å². The lowest BCUT2D eigenvalue weighted by molar-refractivity contribution is 0.0646. The summed E-state index contributed by atoms with van der Waals surface area (Å²) in [7, 11) is 0. The molecule has 0 spiro atoms. The quantitative estimate of drug-likeness (QED) is 0.300. The number of hydrogen-bond acceptors (Lipinski definition) is 5. The maximum absolute atomic E-state index is 12.4. The predicted molar refractivity (Wildman–Crippen MR) is 125 cm³/mol. The largest absolute Gasteiger partial charge is 0.493 e. The third-order valence-electron chi connectivity index (χ3n) is 5.34. The Balaban J connectivity index is 0.00000256. The number of benzene rings is 2. The van der Waals surface area contributed by atoms with Crippen molar-refractivity contribution in [1.29, 1.82) is 0 Å². The minimum absolute atomic E-state index is 0. The third kappa shape index (κ3) is 5.45. The molecule has 2 aromatic carbocycles. The predicted octanol–water partition coefficient (Wildman–Crippen LogP) is 4.87. The number of nitrogens with zero attached hydrogens (tertiary/aromatic N) is 2. The molecule has 2 aromatic rings. The van der Waals surface area contributed by atoms with Crippen molar-refractivity contribution >= 4 is 40.6 Å². The molecule has 0 bridgehead atoms. The molecule has 1 saturated heterocycles. The minimum atomic E-state index is -0.207. The first kappa shape index (κ1) is 22.8. The van der Waals surface area contributed by atoms with Crippen LogP contribution in [0.2, 0.25) is 0 Å². The summed E-state index contributed by atoms with van der Waals surface area (Å²) >= 11 is 1.84. The molecule has 2 aliphatic rings. The second kappa shape index (κ2) is 11.0. The van der Waals surface area contributed by atoms with E-state index in [1.165, 1.54) is 42.1 Å². The summed E-state index contributed by atoms with van der Waals surface area (Å²) in [6, 6.07) is 15.1. The van der Waals surface area contributed by atoms with Gasteiger partial charge in [0.15, 0.2) is 0 Å². The van der Waals surface area contributed by atoms with Crippen molar-refractivity contribution in [3.05, 3.63) is 59.7 Å². The van der Waals surface area contributed by atoms with E-state index in [-0.39, 0.29) is 28.8 Å². The van der Waals surface area contributed by atoms with Crippen LogP contribution >= 0.6 is 28.7 Å². The van der Waals surface area contributed by atoms with E-state index >= 15 is 0 Å². The molecule has 2 heterocycles. The highest BCUT2D eigenvalue weighted by atomic mass is 79.9. The van der Waals surface area contributed by atoms with Crippen LogP contribution in [0.1, 0.15) is 46.4 Å².